The number of rotatable bonds is 4. The molecule has 1 saturated heterocycles. The highest BCUT2D eigenvalue weighted by Crippen LogP contribution is 2.24. The van der Waals surface area contributed by atoms with Crippen LogP contribution in [0.2, 0.25) is 5.02 Å². The van der Waals surface area contributed by atoms with Crippen molar-refractivity contribution in [2.45, 2.75) is 19.3 Å². The molecule has 0 radical (unpaired) electrons. The number of amides is 2. The molecule has 0 spiro atoms. The molecule has 1 unspecified atom stereocenters. The monoisotopic (exact) mass is 388 g/mol. The molecule has 2 amide bonds. The topological polar surface area (TPSA) is 40.6 Å². The average Bonchev–Trinajstić information content (AvgIpc) is 2.69. The summed E-state index contributed by atoms with van der Waals surface area (Å²) in [7, 11) is 0. The van der Waals surface area contributed by atoms with Gasteiger partial charge in [0.25, 0.3) is 5.91 Å². The van der Waals surface area contributed by atoms with E-state index in [9.17, 15) is 14.0 Å². The van der Waals surface area contributed by atoms with Crippen molar-refractivity contribution in [1.29, 1.82) is 0 Å². The highest BCUT2D eigenvalue weighted by molar-refractivity contribution is 6.33. The Morgan fingerprint density at radius 3 is 2.26 bits per heavy atom. The Morgan fingerprint density at radius 2 is 1.67 bits per heavy atom. The number of halogens is 2. The maximum absolute atomic E-state index is 13.2. The lowest BCUT2D eigenvalue weighted by Gasteiger charge is -2.36. The van der Waals surface area contributed by atoms with Gasteiger partial charge < -0.3 is 9.80 Å². The summed E-state index contributed by atoms with van der Waals surface area (Å²) in [5.74, 6) is -0.781. The van der Waals surface area contributed by atoms with Crippen molar-refractivity contribution in [3.05, 3.63) is 70.5 Å². The minimum atomic E-state index is -0.474. The molecule has 2 aromatic carbocycles. The molecule has 27 heavy (non-hydrogen) atoms. The maximum Gasteiger partial charge on any atom is 0.255 e. The van der Waals surface area contributed by atoms with Gasteiger partial charge in [-0.1, -0.05) is 48.9 Å². The van der Waals surface area contributed by atoms with Crippen molar-refractivity contribution in [2.24, 2.45) is 0 Å². The molecule has 0 bridgehead atoms. The summed E-state index contributed by atoms with van der Waals surface area (Å²) in [5, 5.41) is 0.105. The zero-order valence-electron chi connectivity index (χ0n) is 15.2. The van der Waals surface area contributed by atoms with Gasteiger partial charge in [-0.25, -0.2) is 4.39 Å². The van der Waals surface area contributed by atoms with Gasteiger partial charge >= 0.3 is 0 Å². The normalized spacial score (nSPS) is 15.5. The number of carbonyl (C=O) groups is 2. The second-order valence-electron chi connectivity index (χ2n) is 6.61. The van der Waals surface area contributed by atoms with E-state index in [0.29, 0.717) is 26.2 Å². The van der Waals surface area contributed by atoms with E-state index in [1.807, 2.05) is 42.2 Å². The highest BCUT2D eigenvalue weighted by atomic mass is 35.5. The maximum atomic E-state index is 13.2. The molecule has 1 atom stereocenters. The number of benzene rings is 2. The number of carbonyl (C=O) groups excluding carboxylic acids is 2. The first-order chi connectivity index (χ1) is 13.0. The molecule has 4 nitrogen and oxygen atoms in total. The van der Waals surface area contributed by atoms with E-state index in [0.717, 1.165) is 18.1 Å². The lowest BCUT2D eigenvalue weighted by atomic mass is 9.95. The van der Waals surface area contributed by atoms with Crippen molar-refractivity contribution in [3.63, 3.8) is 0 Å². The van der Waals surface area contributed by atoms with E-state index in [-0.39, 0.29) is 28.3 Å². The van der Waals surface area contributed by atoms with Crippen molar-refractivity contribution < 1.29 is 14.0 Å². The van der Waals surface area contributed by atoms with Crippen LogP contribution in [0.1, 0.15) is 35.2 Å². The van der Waals surface area contributed by atoms with E-state index >= 15 is 0 Å². The fourth-order valence-corrected chi connectivity index (χ4v) is 3.67. The summed E-state index contributed by atoms with van der Waals surface area (Å²) in [6.45, 7) is 3.83. The van der Waals surface area contributed by atoms with E-state index in [1.165, 1.54) is 12.1 Å². The summed E-state index contributed by atoms with van der Waals surface area (Å²) in [5.41, 5.74) is 1.30. The second-order valence-corrected chi connectivity index (χ2v) is 7.02. The number of hydrogen-bond donors (Lipinski definition) is 0. The molecular weight excluding hydrogens is 367 g/mol. The summed E-state index contributed by atoms with van der Waals surface area (Å²) >= 11 is 6.00. The van der Waals surface area contributed by atoms with Crippen LogP contribution in [-0.2, 0) is 4.79 Å². The smallest absolute Gasteiger partial charge is 0.255 e. The molecule has 0 aromatic heterocycles. The van der Waals surface area contributed by atoms with Crippen molar-refractivity contribution in [3.8, 4) is 0 Å². The molecule has 1 aliphatic heterocycles. The van der Waals surface area contributed by atoms with Gasteiger partial charge in [-0.3, -0.25) is 9.59 Å². The first-order valence-corrected chi connectivity index (χ1v) is 9.47. The Bertz CT molecular complexity index is 820. The van der Waals surface area contributed by atoms with Crippen molar-refractivity contribution >= 4 is 23.4 Å². The molecule has 1 heterocycles. The molecule has 0 aliphatic carbocycles. The van der Waals surface area contributed by atoms with Gasteiger partial charge in [-0.05, 0) is 30.2 Å². The van der Waals surface area contributed by atoms with Crippen LogP contribution in [0.5, 0.6) is 0 Å². The van der Waals surface area contributed by atoms with E-state index < -0.39 is 5.82 Å². The van der Waals surface area contributed by atoms with Crippen LogP contribution < -0.4 is 0 Å². The Kier molecular flexibility index (Phi) is 6.11. The predicted octanol–water partition coefficient (Wildman–Crippen LogP) is 3.96. The first kappa shape index (κ1) is 19.4. The predicted molar refractivity (Wildman–Crippen MR) is 103 cm³/mol. The van der Waals surface area contributed by atoms with E-state index in [1.54, 1.807) is 4.90 Å². The fourth-order valence-electron chi connectivity index (χ4n) is 3.42. The molecule has 3 rings (SSSR count). The third-order valence-corrected chi connectivity index (χ3v) is 5.26. The first-order valence-electron chi connectivity index (χ1n) is 9.09. The highest BCUT2D eigenvalue weighted by Gasteiger charge is 2.29. The third kappa shape index (κ3) is 4.30. The largest absolute Gasteiger partial charge is 0.339 e. The lowest BCUT2D eigenvalue weighted by Crippen LogP contribution is -2.51. The van der Waals surface area contributed by atoms with Gasteiger partial charge in [0.05, 0.1) is 16.5 Å². The minimum absolute atomic E-state index is 0.0932. The molecule has 0 N–H and O–H groups in total. The van der Waals surface area contributed by atoms with E-state index in [2.05, 4.69) is 0 Å². The van der Waals surface area contributed by atoms with Crippen LogP contribution in [0.3, 0.4) is 0 Å². The molecule has 1 aliphatic rings. The molecule has 6 heteroatoms. The SMILES string of the molecule is CCC(C(=O)N1CCN(C(=O)c2ccc(F)cc2Cl)CC1)c1ccccc1. The zero-order valence-corrected chi connectivity index (χ0v) is 16.0. The quantitative estimate of drug-likeness (QED) is 0.795. The van der Waals surface area contributed by atoms with Gasteiger partial charge in [-0.15, -0.1) is 0 Å². The summed E-state index contributed by atoms with van der Waals surface area (Å²) in [6.07, 6.45) is 0.729. The van der Waals surface area contributed by atoms with Crippen LogP contribution in [0, 0.1) is 5.82 Å². The molecule has 142 valence electrons. The zero-order chi connectivity index (χ0) is 19.4. The Morgan fingerprint density at radius 1 is 1.04 bits per heavy atom. The Hall–Kier alpha value is -2.40. The summed E-state index contributed by atoms with van der Waals surface area (Å²) in [6, 6.07) is 13.5. The van der Waals surface area contributed by atoms with Crippen molar-refractivity contribution in [1.82, 2.24) is 9.80 Å². The van der Waals surface area contributed by atoms with Gasteiger partial charge in [0.2, 0.25) is 5.91 Å². The number of piperazine rings is 1. The van der Waals surface area contributed by atoms with Crippen molar-refractivity contribution in [2.75, 3.05) is 26.2 Å². The minimum Gasteiger partial charge on any atom is -0.339 e. The van der Waals surface area contributed by atoms with Crippen LogP contribution in [-0.4, -0.2) is 47.8 Å². The van der Waals surface area contributed by atoms with Gasteiger partial charge in [0.15, 0.2) is 0 Å². The Labute approximate surface area is 163 Å². The van der Waals surface area contributed by atoms with Crippen LogP contribution in [0.25, 0.3) is 0 Å². The lowest BCUT2D eigenvalue weighted by molar-refractivity contribution is -0.134. The van der Waals surface area contributed by atoms with Crippen LogP contribution in [0.15, 0.2) is 48.5 Å². The molecular formula is C21H22ClFN2O2. The molecule has 0 saturated carbocycles. The van der Waals surface area contributed by atoms with Gasteiger partial charge in [-0.2, -0.15) is 0 Å². The third-order valence-electron chi connectivity index (χ3n) is 4.95. The van der Waals surface area contributed by atoms with Gasteiger partial charge in [0.1, 0.15) is 5.82 Å². The summed E-state index contributed by atoms with van der Waals surface area (Å²) in [4.78, 5) is 29.0. The Balaban J connectivity index is 1.64. The van der Waals surface area contributed by atoms with Gasteiger partial charge in [0, 0.05) is 26.2 Å². The average molecular weight is 389 g/mol. The van der Waals surface area contributed by atoms with Crippen LogP contribution in [0.4, 0.5) is 4.39 Å². The molecule has 1 fully saturated rings. The number of hydrogen-bond acceptors (Lipinski definition) is 2. The van der Waals surface area contributed by atoms with E-state index in [4.69, 9.17) is 11.6 Å². The molecule has 2 aromatic rings. The second kappa shape index (κ2) is 8.53. The standard InChI is InChI=1S/C21H22ClFN2O2/c1-2-17(15-6-4-3-5-7-15)20(26)24-10-12-25(13-11-24)21(27)18-9-8-16(23)14-19(18)22/h3-9,14,17H,2,10-13H2,1H3. The number of nitrogens with zero attached hydrogens (tertiary/aromatic N) is 2. The fraction of sp³-hybridized carbons (Fsp3) is 0.333. The summed E-state index contributed by atoms with van der Waals surface area (Å²) < 4.78 is 13.2. The van der Waals surface area contributed by atoms with Crippen LogP contribution >= 0.6 is 11.6 Å².